The second kappa shape index (κ2) is 23.9. The third-order valence-corrected chi connectivity index (χ3v) is 13.7. The van der Waals surface area contributed by atoms with Gasteiger partial charge in [0.05, 0.1) is 33.0 Å². The molecule has 0 aromatic heterocycles. The Hall–Kier alpha value is -5.51. The van der Waals surface area contributed by atoms with Crippen LogP contribution < -0.4 is 0 Å². The molecule has 10 nitrogen and oxygen atoms in total. The summed E-state index contributed by atoms with van der Waals surface area (Å²) in [6.45, 7) is 0.465. The van der Waals surface area contributed by atoms with Gasteiger partial charge in [-0.3, -0.25) is 0 Å². The van der Waals surface area contributed by atoms with E-state index < -0.39 is 66.2 Å². The standard InChI is InChI=1S/C58H58O10S/c59-50-48(40-66-58(44-28-14-4-15-29-44,45-30-16-5-17-31-45)46-32-18-6-19-33-46)67-56(52(61)51(50)60)65-39-49-53(62-36-41-22-8-1-9-23-41)54(63-37-42-24-10-2-11-25-42)55(64-38-43-26-12-3-13-27-43)57(68-49)69-47-34-20-7-21-35-47/h1-35,48-57,59-61H,36-40H2/t48-,49-,50-,51+,52-,53+,54+,55-,56-,57+/m1/s1. The number of aliphatic hydroxyl groups is 3. The molecule has 0 bridgehead atoms. The van der Waals surface area contributed by atoms with Crippen LogP contribution in [-0.2, 0) is 58.6 Å². The Balaban J connectivity index is 1.01. The fourth-order valence-electron chi connectivity index (χ4n) is 8.97. The molecule has 9 rings (SSSR count). The Morgan fingerprint density at radius 3 is 1.26 bits per heavy atom. The number of rotatable bonds is 20. The van der Waals surface area contributed by atoms with E-state index >= 15 is 0 Å². The molecule has 0 amide bonds. The Kier molecular flexibility index (Phi) is 16.8. The summed E-state index contributed by atoms with van der Waals surface area (Å²) in [6, 6.07) is 69.3. The molecule has 3 N–H and O–H groups in total. The van der Waals surface area contributed by atoms with Crippen LogP contribution in [0, 0.1) is 0 Å². The lowest BCUT2D eigenvalue weighted by atomic mass is 9.80. The summed E-state index contributed by atoms with van der Waals surface area (Å²) in [7, 11) is 0. The fraction of sp³-hybridized carbons (Fsp3) is 0.276. The van der Waals surface area contributed by atoms with Gasteiger partial charge in [0, 0.05) is 4.90 Å². The molecule has 11 heteroatoms. The zero-order valence-corrected chi connectivity index (χ0v) is 38.9. The highest BCUT2D eigenvalue weighted by atomic mass is 32.2. The maximum Gasteiger partial charge on any atom is 0.186 e. The van der Waals surface area contributed by atoms with Crippen LogP contribution in [0.2, 0.25) is 0 Å². The molecule has 7 aromatic rings. The molecule has 7 aromatic carbocycles. The Morgan fingerprint density at radius 2 is 0.797 bits per heavy atom. The Bertz CT molecular complexity index is 2450. The van der Waals surface area contributed by atoms with Gasteiger partial charge in [-0.05, 0) is 45.5 Å². The molecule has 0 spiro atoms. The first kappa shape index (κ1) is 48.5. The summed E-state index contributed by atoms with van der Waals surface area (Å²) in [5, 5.41) is 34.6. The van der Waals surface area contributed by atoms with Gasteiger partial charge >= 0.3 is 0 Å². The van der Waals surface area contributed by atoms with Crippen molar-refractivity contribution < 1.29 is 48.5 Å². The van der Waals surface area contributed by atoms with Gasteiger partial charge in [-0.1, -0.05) is 212 Å². The van der Waals surface area contributed by atoms with E-state index in [4.69, 9.17) is 33.2 Å². The highest BCUT2D eigenvalue weighted by Crippen LogP contribution is 2.42. The minimum Gasteiger partial charge on any atom is -0.387 e. The van der Waals surface area contributed by atoms with E-state index in [9.17, 15) is 15.3 Å². The van der Waals surface area contributed by atoms with Gasteiger partial charge in [0.2, 0.25) is 0 Å². The van der Waals surface area contributed by atoms with Crippen LogP contribution in [0.15, 0.2) is 217 Å². The first-order valence-corrected chi connectivity index (χ1v) is 24.3. The average molecular weight is 947 g/mol. The number of hydrogen-bond acceptors (Lipinski definition) is 11. The van der Waals surface area contributed by atoms with Gasteiger partial charge < -0.3 is 48.5 Å². The number of benzene rings is 7. The van der Waals surface area contributed by atoms with Crippen LogP contribution in [0.4, 0.5) is 0 Å². The summed E-state index contributed by atoms with van der Waals surface area (Å²) in [5.74, 6) is 0. The van der Waals surface area contributed by atoms with Crippen molar-refractivity contribution in [1.29, 1.82) is 0 Å². The summed E-state index contributed by atoms with van der Waals surface area (Å²) in [4.78, 5) is 0.963. The minimum absolute atomic E-state index is 0.151. The van der Waals surface area contributed by atoms with Crippen molar-refractivity contribution in [2.24, 2.45) is 0 Å². The lowest BCUT2D eigenvalue weighted by molar-refractivity contribution is -0.319. The Morgan fingerprint density at radius 1 is 0.391 bits per heavy atom. The maximum atomic E-state index is 11.5. The molecule has 2 aliphatic rings. The quantitative estimate of drug-likeness (QED) is 0.0634. The van der Waals surface area contributed by atoms with Gasteiger partial charge in [0.15, 0.2) is 6.29 Å². The van der Waals surface area contributed by atoms with E-state index in [1.165, 1.54) is 11.8 Å². The van der Waals surface area contributed by atoms with Gasteiger partial charge in [0.25, 0.3) is 0 Å². The van der Waals surface area contributed by atoms with Crippen LogP contribution in [0.25, 0.3) is 0 Å². The van der Waals surface area contributed by atoms with E-state index in [2.05, 4.69) is 0 Å². The molecule has 0 radical (unpaired) electrons. The third-order valence-electron chi connectivity index (χ3n) is 12.5. The van der Waals surface area contributed by atoms with Gasteiger partial charge in [-0.25, -0.2) is 0 Å². The van der Waals surface area contributed by atoms with Gasteiger partial charge in [-0.2, -0.15) is 0 Å². The van der Waals surface area contributed by atoms with Crippen LogP contribution >= 0.6 is 11.8 Å². The molecule has 69 heavy (non-hydrogen) atoms. The summed E-state index contributed by atoms with van der Waals surface area (Å²) in [6.07, 6.45) is -10.2. The summed E-state index contributed by atoms with van der Waals surface area (Å²) < 4.78 is 47.7. The predicted octanol–water partition coefficient (Wildman–Crippen LogP) is 9.09. The first-order valence-electron chi connectivity index (χ1n) is 23.4. The molecule has 2 heterocycles. The van der Waals surface area contributed by atoms with Crippen molar-refractivity contribution in [2.45, 2.75) is 90.9 Å². The van der Waals surface area contributed by atoms with Crippen LogP contribution in [0.3, 0.4) is 0 Å². The van der Waals surface area contributed by atoms with E-state index in [1.807, 2.05) is 212 Å². The van der Waals surface area contributed by atoms with Gasteiger partial charge in [-0.15, -0.1) is 0 Å². The molecule has 0 unspecified atom stereocenters. The minimum atomic E-state index is -1.63. The normalized spacial score (nSPS) is 25.0. The van der Waals surface area contributed by atoms with E-state index in [-0.39, 0.29) is 26.4 Å². The zero-order chi connectivity index (χ0) is 47.3. The smallest absolute Gasteiger partial charge is 0.186 e. The van der Waals surface area contributed by atoms with Crippen LogP contribution in [-0.4, -0.2) is 89.1 Å². The van der Waals surface area contributed by atoms with Crippen molar-refractivity contribution in [3.05, 3.63) is 246 Å². The molecular formula is C58H58O10S. The third kappa shape index (κ3) is 11.9. The first-order chi connectivity index (χ1) is 34.0. The SMILES string of the molecule is O[C@@H]1[C@@H](O)[C@H](OC[C@H]2O[C@@H](Sc3ccccc3)[C@H](OCc3ccccc3)[C@@H](OCc3ccccc3)[C@H]2OCc2ccccc2)O[C@H](COC(c2ccccc2)(c2ccccc2)c2ccccc2)[C@H]1O. The molecule has 2 aliphatic heterocycles. The Labute approximate surface area is 408 Å². The summed E-state index contributed by atoms with van der Waals surface area (Å²) in [5.41, 5.74) is 3.73. The highest BCUT2D eigenvalue weighted by Gasteiger charge is 2.51. The average Bonchev–Trinajstić information content (AvgIpc) is 3.41. The van der Waals surface area contributed by atoms with E-state index in [1.54, 1.807) is 0 Å². The van der Waals surface area contributed by atoms with Crippen molar-refractivity contribution >= 4 is 11.8 Å². The second-order valence-corrected chi connectivity index (χ2v) is 18.4. The molecule has 2 saturated heterocycles. The lowest BCUT2D eigenvalue weighted by Crippen LogP contribution is -2.62. The highest BCUT2D eigenvalue weighted by molar-refractivity contribution is 7.99. The van der Waals surface area contributed by atoms with E-state index in [0.717, 1.165) is 38.3 Å². The van der Waals surface area contributed by atoms with Crippen LogP contribution in [0.1, 0.15) is 33.4 Å². The van der Waals surface area contributed by atoms with Gasteiger partial charge in [0.1, 0.15) is 59.9 Å². The molecule has 0 aliphatic carbocycles. The second-order valence-electron chi connectivity index (χ2n) is 17.2. The zero-order valence-electron chi connectivity index (χ0n) is 38.1. The molecule has 2 fully saturated rings. The van der Waals surface area contributed by atoms with Crippen LogP contribution in [0.5, 0.6) is 0 Å². The van der Waals surface area contributed by atoms with Crippen molar-refractivity contribution in [3.63, 3.8) is 0 Å². The van der Waals surface area contributed by atoms with Crippen molar-refractivity contribution in [2.75, 3.05) is 13.2 Å². The number of thioether (sulfide) groups is 1. The lowest BCUT2D eigenvalue weighted by Gasteiger charge is -2.47. The van der Waals surface area contributed by atoms with Crippen molar-refractivity contribution in [1.82, 2.24) is 0 Å². The number of hydrogen-bond donors (Lipinski definition) is 3. The van der Waals surface area contributed by atoms with E-state index in [0.29, 0.717) is 6.61 Å². The monoisotopic (exact) mass is 946 g/mol. The fourth-order valence-corrected chi connectivity index (χ4v) is 10.1. The molecular weight excluding hydrogens is 889 g/mol. The summed E-state index contributed by atoms with van der Waals surface area (Å²) >= 11 is 1.51. The largest absolute Gasteiger partial charge is 0.387 e. The molecule has 356 valence electrons. The molecule has 0 saturated carbocycles. The van der Waals surface area contributed by atoms with Crippen molar-refractivity contribution in [3.8, 4) is 0 Å². The number of aliphatic hydroxyl groups excluding tert-OH is 3. The predicted molar refractivity (Wildman–Crippen MR) is 264 cm³/mol. The number of ether oxygens (including phenoxy) is 7. The maximum absolute atomic E-state index is 11.5. The molecule has 10 atom stereocenters. The topological polar surface area (TPSA) is 125 Å².